The van der Waals surface area contributed by atoms with Crippen molar-refractivity contribution in [3.8, 4) is 0 Å². The van der Waals surface area contributed by atoms with E-state index in [1.165, 1.54) is 30.3 Å². The van der Waals surface area contributed by atoms with Gasteiger partial charge in [-0.3, -0.25) is 4.40 Å². The molecule has 0 saturated heterocycles. The number of fused-ring (bicyclic) bond motifs is 1. The lowest BCUT2D eigenvalue weighted by atomic mass is 10.4. The van der Waals surface area contributed by atoms with Gasteiger partial charge in [0.25, 0.3) is 0 Å². The number of nitrogens with zero attached hydrogens (tertiary/aromatic N) is 3. The van der Waals surface area contributed by atoms with Crippen LogP contribution in [0, 0.1) is 0 Å². The van der Waals surface area contributed by atoms with Crippen molar-refractivity contribution in [2.75, 3.05) is 0 Å². The second kappa shape index (κ2) is 5.61. The molecule has 0 radical (unpaired) electrons. The van der Waals surface area contributed by atoms with E-state index in [0.29, 0.717) is 11.1 Å². The molecular formula is C14H13ClN4S2. The van der Waals surface area contributed by atoms with Gasteiger partial charge in [-0.25, -0.2) is 9.97 Å². The van der Waals surface area contributed by atoms with Crippen LogP contribution >= 0.6 is 34.7 Å². The van der Waals surface area contributed by atoms with E-state index in [-0.39, 0.29) is 0 Å². The zero-order chi connectivity index (χ0) is 14.2. The molecule has 0 spiro atoms. The van der Waals surface area contributed by atoms with Crippen LogP contribution in [-0.2, 0) is 6.54 Å². The average molecular weight is 337 g/mol. The first-order valence-corrected chi connectivity index (χ1v) is 8.85. The monoisotopic (exact) mass is 336 g/mol. The van der Waals surface area contributed by atoms with Crippen LogP contribution in [0.2, 0.25) is 5.02 Å². The Balaban J connectivity index is 1.67. The van der Waals surface area contributed by atoms with Crippen LogP contribution in [0.1, 0.15) is 18.5 Å². The summed E-state index contributed by atoms with van der Waals surface area (Å²) in [6, 6.07) is 4.37. The van der Waals surface area contributed by atoms with Crippen molar-refractivity contribution in [3.63, 3.8) is 0 Å². The molecule has 0 bridgehead atoms. The van der Waals surface area contributed by atoms with Crippen LogP contribution in [0.4, 0.5) is 0 Å². The number of rotatable bonds is 5. The summed E-state index contributed by atoms with van der Waals surface area (Å²) in [5.74, 6) is 0. The van der Waals surface area contributed by atoms with Crippen molar-refractivity contribution in [3.05, 3.63) is 40.6 Å². The normalized spacial score (nSPS) is 14.9. The standard InChI is InChI=1S/C14H13ClN4S2/c15-10-2-1-5-16-12(10)21-13-11(8-17-9-3-4-9)19-6-7-20-14(19)18-13/h1-2,5-7,9,17H,3-4,8H2. The fraction of sp³-hybridized carbons (Fsp3) is 0.286. The number of hydrogen-bond donors (Lipinski definition) is 1. The third-order valence-corrected chi connectivity index (χ3v) is 5.59. The van der Waals surface area contributed by atoms with Crippen molar-refractivity contribution in [2.24, 2.45) is 0 Å². The molecule has 3 heterocycles. The molecule has 0 unspecified atom stereocenters. The zero-order valence-corrected chi connectivity index (χ0v) is 13.5. The first-order chi connectivity index (χ1) is 10.3. The Labute approximate surface area is 135 Å². The van der Waals surface area contributed by atoms with E-state index in [4.69, 9.17) is 16.6 Å². The molecule has 1 fully saturated rings. The molecule has 1 N–H and O–H groups in total. The second-order valence-corrected chi connectivity index (χ2v) is 7.22. The smallest absolute Gasteiger partial charge is 0.194 e. The van der Waals surface area contributed by atoms with Crippen molar-refractivity contribution < 1.29 is 0 Å². The SMILES string of the molecule is Clc1cccnc1Sc1nc2sccn2c1CNC1CC1. The van der Waals surface area contributed by atoms with Gasteiger partial charge in [0.15, 0.2) is 4.96 Å². The van der Waals surface area contributed by atoms with E-state index in [0.717, 1.165) is 21.6 Å². The van der Waals surface area contributed by atoms with Crippen LogP contribution in [0.5, 0.6) is 0 Å². The molecule has 1 aliphatic carbocycles. The van der Waals surface area contributed by atoms with Crippen molar-refractivity contribution >= 4 is 39.7 Å². The minimum atomic E-state index is 0.667. The molecule has 7 heteroatoms. The van der Waals surface area contributed by atoms with Crippen LogP contribution < -0.4 is 5.32 Å². The largest absolute Gasteiger partial charge is 0.308 e. The molecule has 1 aliphatic rings. The highest BCUT2D eigenvalue weighted by molar-refractivity contribution is 7.99. The Bertz CT molecular complexity index is 778. The number of pyridine rings is 1. The maximum atomic E-state index is 6.21. The van der Waals surface area contributed by atoms with Gasteiger partial charge in [0.05, 0.1) is 10.7 Å². The molecule has 0 aromatic carbocycles. The summed E-state index contributed by atoms with van der Waals surface area (Å²) in [6.45, 7) is 0.829. The Kier molecular flexibility index (Phi) is 3.62. The third kappa shape index (κ3) is 2.81. The van der Waals surface area contributed by atoms with E-state index >= 15 is 0 Å². The van der Waals surface area contributed by atoms with Gasteiger partial charge < -0.3 is 5.32 Å². The molecule has 0 aliphatic heterocycles. The Hall–Kier alpha value is -1.08. The first-order valence-electron chi connectivity index (χ1n) is 6.77. The summed E-state index contributed by atoms with van der Waals surface area (Å²) in [6.07, 6.45) is 6.38. The van der Waals surface area contributed by atoms with E-state index in [1.807, 2.05) is 12.1 Å². The van der Waals surface area contributed by atoms with Gasteiger partial charge in [-0.1, -0.05) is 11.6 Å². The number of hydrogen-bond acceptors (Lipinski definition) is 5. The van der Waals surface area contributed by atoms with Gasteiger partial charge in [-0.15, -0.1) is 11.3 Å². The first kappa shape index (κ1) is 13.6. The molecule has 3 aromatic heterocycles. The average Bonchev–Trinajstić information content (AvgIpc) is 3.10. The molecule has 21 heavy (non-hydrogen) atoms. The lowest BCUT2D eigenvalue weighted by Crippen LogP contribution is -2.16. The van der Waals surface area contributed by atoms with Crippen molar-refractivity contribution in [2.45, 2.75) is 35.5 Å². The lowest BCUT2D eigenvalue weighted by Gasteiger charge is -2.05. The van der Waals surface area contributed by atoms with Gasteiger partial charge in [0, 0.05) is 30.4 Å². The molecular weight excluding hydrogens is 324 g/mol. The van der Waals surface area contributed by atoms with E-state index < -0.39 is 0 Å². The number of halogens is 1. The van der Waals surface area contributed by atoms with Crippen molar-refractivity contribution in [1.29, 1.82) is 0 Å². The van der Waals surface area contributed by atoms with Crippen LogP contribution in [-0.4, -0.2) is 20.4 Å². The van der Waals surface area contributed by atoms with Gasteiger partial charge in [-0.05, 0) is 36.7 Å². The van der Waals surface area contributed by atoms with Gasteiger partial charge >= 0.3 is 0 Å². The maximum absolute atomic E-state index is 6.21. The predicted molar refractivity (Wildman–Crippen MR) is 86.3 cm³/mol. The summed E-state index contributed by atoms with van der Waals surface area (Å²) in [5.41, 5.74) is 1.19. The number of aromatic nitrogens is 3. The zero-order valence-electron chi connectivity index (χ0n) is 11.1. The molecule has 0 atom stereocenters. The molecule has 108 valence electrons. The van der Waals surface area contributed by atoms with E-state index in [2.05, 4.69) is 26.3 Å². The van der Waals surface area contributed by atoms with Crippen LogP contribution in [0.15, 0.2) is 40.0 Å². The summed E-state index contributed by atoms with van der Waals surface area (Å²) < 4.78 is 2.15. The lowest BCUT2D eigenvalue weighted by molar-refractivity contribution is 0.661. The summed E-state index contributed by atoms with van der Waals surface area (Å²) in [4.78, 5) is 10.1. The van der Waals surface area contributed by atoms with Crippen LogP contribution in [0.25, 0.3) is 4.96 Å². The van der Waals surface area contributed by atoms with E-state index in [9.17, 15) is 0 Å². The van der Waals surface area contributed by atoms with E-state index in [1.54, 1.807) is 17.5 Å². The fourth-order valence-electron chi connectivity index (χ4n) is 2.12. The maximum Gasteiger partial charge on any atom is 0.194 e. The number of thiazole rings is 1. The Morgan fingerprint density at radius 3 is 3.14 bits per heavy atom. The van der Waals surface area contributed by atoms with Gasteiger partial charge in [-0.2, -0.15) is 0 Å². The molecule has 4 nitrogen and oxygen atoms in total. The Morgan fingerprint density at radius 2 is 2.33 bits per heavy atom. The van der Waals surface area contributed by atoms with Gasteiger partial charge in [0.2, 0.25) is 0 Å². The highest BCUT2D eigenvalue weighted by Gasteiger charge is 2.22. The third-order valence-electron chi connectivity index (χ3n) is 3.38. The molecule has 0 amide bonds. The topological polar surface area (TPSA) is 42.2 Å². The highest BCUT2D eigenvalue weighted by Crippen LogP contribution is 2.34. The van der Waals surface area contributed by atoms with Crippen molar-refractivity contribution in [1.82, 2.24) is 19.7 Å². The number of nitrogens with one attached hydrogen (secondary N) is 1. The van der Waals surface area contributed by atoms with Crippen LogP contribution in [0.3, 0.4) is 0 Å². The minimum Gasteiger partial charge on any atom is -0.308 e. The molecule has 3 aromatic rings. The summed E-state index contributed by atoms with van der Waals surface area (Å²) >= 11 is 9.38. The summed E-state index contributed by atoms with van der Waals surface area (Å²) in [7, 11) is 0. The molecule has 1 saturated carbocycles. The highest BCUT2D eigenvalue weighted by atomic mass is 35.5. The fourth-order valence-corrected chi connectivity index (χ4v) is 4.03. The Morgan fingerprint density at radius 1 is 1.43 bits per heavy atom. The number of imidazole rings is 1. The second-order valence-electron chi connectivity index (χ2n) is 4.97. The summed E-state index contributed by atoms with van der Waals surface area (Å²) in [5, 5.41) is 8.07. The van der Waals surface area contributed by atoms with Gasteiger partial charge in [0.1, 0.15) is 10.1 Å². The minimum absolute atomic E-state index is 0.667. The quantitative estimate of drug-likeness (QED) is 0.768. The molecule has 4 rings (SSSR count). The predicted octanol–water partition coefficient (Wildman–Crippen LogP) is 3.85.